The van der Waals surface area contributed by atoms with Crippen LogP contribution in [0.4, 0.5) is 11.4 Å². The van der Waals surface area contributed by atoms with Crippen molar-refractivity contribution < 1.29 is 19.8 Å². The second-order valence-corrected chi connectivity index (χ2v) is 11.8. The first-order valence-corrected chi connectivity index (χ1v) is 15.5. The molecule has 0 spiro atoms. The Labute approximate surface area is 243 Å². The third-order valence-electron chi connectivity index (χ3n) is 9.07. The molecule has 1 aromatic rings. The molecule has 0 bridgehead atoms. The van der Waals surface area contributed by atoms with Crippen molar-refractivity contribution in [2.24, 2.45) is 11.8 Å². The van der Waals surface area contributed by atoms with Crippen molar-refractivity contribution in [1.82, 2.24) is 31.3 Å². The van der Waals surface area contributed by atoms with Gasteiger partial charge in [-0.1, -0.05) is 12.8 Å². The van der Waals surface area contributed by atoms with E-state index in [0.717, 1.165) is 50.4 Å². The first-order chi connectivity index (χ1) is 20.1. The van der Waals surface area contributed by atoms with Crippen LogP contribution in [-0.2, 0) is 9.59 Å². The van der Waals surface area contributed by atoms with Crippen molar-refractivity contribution in [2.45, 2.75) is 63.4 Å². The molecular formula is C29H48N8O4. The molecule has 0 radical (unpaired) electrons. The Morgan fingerprint density at radius 1 is 0.951 bits per heavy atom. The fourth-order valence-corrected chi connectivity index (χ4v) is 6.73. The zero-order valence-corrected chi connectivity index (χ0v) is 24.1. The first-order valence-electron chi connectivity index (χ1n) is 15.5. The Bertz CT molecular complexity index is 976. The second kappa shape index (κ2) is 14.6. The van der Waals surface area contributed by atoms with Crippen molar-refractivity contribution in [3.63, 3.8) is 0 Å². The summed E-state index contributed by atoms with van der Waals surface area (Å²) >= 11 is 0. The minimum atomic E-state index is -0.244. The normalized spacial score (nSPS) is 28.0. The average Bonchev–Trinajstić information content (AvgIpc) is 3.28. The van der Waals surface area contributed by atoms with Gasteiger partial charge >= 0.3 is 0 Å². The number of hydrogen-bond acceptors (Lipinski definition) is 10. The predicted octanol–water partition coefficient (Wildman–Crippen LogP) is -0.184. The van der Waals surface area contributed by atoms with Crippen LogP contribution < -0.4 is 31.7 Å². The van der Waals surface area contributed by atoms with E-state index in [1.165, 1.54) is 25.7 Å². The van der Waals surface area contributed by atoms with Crippen LogP contribution in [0.25, 0.3) is 0 Å². The van der Waals surface area contributed by atoms with Crippen molar-refractivity contribution in [2.75, 3.05) is 69.2 Å². The summed E-state index contributed by atoms with van der Waals surface area (Å²) in [5, 5.41) is 29.4. The number of nitrogens with one attached hydrogen (secondary N) is 5. The van der Waals surface area contributed by atoms with E-state index >= 15 is 0 Å². The lowest BCUT2D eigenvalue weighted by Crippen LogP contribution is -2.76. The number of aliphatic hydroxyl groups excluding tert-OH is 2. The number of piperidine rings is 1. The fourth-order valence-electron chi connectivity index (χ4n) is 6.73. The number of likely N-dealkylation sites (tertiary alicyclic amines) is 1. The minimum Gasteiger partial charge on any atom is -0.395 e. The van der Waals surface area contributed by atoms with Crippen molar-refractivity contribution >= 4 is 23.2 Å². The van der Waals surface area contributed by atoms with E-state index in [2.05, 4.69) is 60.9 Å². The van der Waals surface area contributed by atoms with Crippen LogP contribution in [0.1, 0.15) is 44.9 Å². The zero-order valence-electron chi connectivity index (χ0n) is 24.1. The molecule has 4 saturated heterocycles. The summed E-state index contributed by atoms with van der Waals surface area (Å²) in [5.74, 6) is 0.0662. The Balaban J connectivity index is 1.16. The fraction of sp³-hybridized carbons (Fsp3) is 0.724. The van der Waals surface area contributed by atoms with E-state index in [1.807, 2.05) is 0 Å². The molecule has 12 heteroatoms. The average molecular weight is 573 g/mol. The highest BCUT2D eigenvalue weighted by molar-refractivity contribution is 5.81. The Morgan fingerprint density at radius 3 is 2.29 bits per heavy atom. The van der Waals surface area contributed by atoms with Gasteiger partial charge in [0.2, 0.25) is 11.8 Å². The summed E-state index contributed by atoms with van der Waals surface area (Å²) in [6.07, 6.45) is 7.09. The number of carbonyl (C=O) groups is 2. The van der Waals surface area contributed by atoms with Gasteiger partial charge in [-0.3, -0.25) is 30.5 Å². The van der Waals surface area contributed by atoms with E-state index in [4.69, 9.17) is 0 Å². The molecule has 4 heterocycles. The maximum absolute atomic E-state index is 12.9. The number of amides is 2. The third kappa shape index (κ3) is 7.68. The lowest BCUT2D eigenvalue weighted by atomic mass is 9.91. The molecule has 1 aromatic carbocycles. The van der Waals surface area contributed by atoms with Crippen LogP contribution in [0.2, 0.25) is 0 Å². The number of fused-ring (bicyclic) bond motifs is 1. The van der Waals surface area contributed by atoms with Gasteiger partial charge in [0.1, 0.15) is 6.29 Å². The summed E-state index contributed by atoms with van der Waals surface area (Å²) in [4.78, 5) is 31.9. The molecule has 4 aliphatic rings. The quantitative estimate of drug-likeness (QED) is 0.202. The molecule has 0 saturated carbocycles. The number of carbonyl (C=O) groups excluding carboxylic acids is 2. The number of hydrogen-bond donors (Lipinski definition) is 7. The van der Waals surface area contributed by atoms with Gasteiger partial charge < -0.3 is 25.3 Å². The van der Waals surface area contributed by atoms with Crippen molar-refractivity contribution in [1.29, 1.82) is 0 Å². The van der Waals surface area contributed by atoms with Crippen molar-refractivity contribution in [3.05, 3.63) is 24.3 Å². The highest BCUT2D eigenvalue weighted by Crippen LogP contribution is 2.28. The van der Waals surface area contributed by atoms with Gasteiger partial charge in [0.05, 0.1) is 25.3 Å². The van der Waals surface area contributed by atoms with Crippen LogP contribution >= 0.6 is 0 Å². The van der Waals surface area contributed by atoms with Crippen LogP contribution in [0.3, 0.4) is 0 Å². The highest BCUT2D eigenvalue weighted by atomic mass is 16.3. The van der Waals surface area contributed by atoms with Crippen molar-refractivity contribution in [3.8, 4) is 0 Å². The van der Waals surface area contributed by atoms with Gasteiger partial charge in [-0.15, -0.1) is 0 Å². The van der Waals surface area contributed by atoms with Crippen LogP contribution in [-0.4, -0.2) is 109 Å². The number of nitrogens with zero attached hydrogens (tertiary/aromatic N) is 3. The molecule has 4 aliphatic heterocycles. The molecule has 2 amide bonds. The Morgan fingerprint density at radius 2 is 1.63 bits per heavy atom. The zero-order chi connectivity index (χ0) is 28.6. The van der Waals surface area contributed by atoms with E-state index in [0.29, 0.717) is 18.9 Å². The van der Waals surface area contributed by atoms with Gasteiger partial charge in [-0.05, 0) is 55.9 Å². The molecule has 0 aromatic heterocycles. The van der Waals surface area contributed by atoms with Gasteiger partial charge in [0.25, 0.3) is 0 Å². The number of anilines is 2. The second-order valence-electron chi connectivity index (χ2n) is 11.8. The summed E-state index contributed by atoms with van der Waals surface area (Å²) in [6.45, 7) is 4.92. The number of rotatable bonds is 10. The molecule has 4 unspecified atom stereocenters. The molecule has 0 aliphatic carbocycles. The van der Waals surface area contributed by atoms with E-state index < -0.39 is 0 Å². The molecule has 4 atom stereocenters. The topological polar surface area (TPSA) is 144 Å². The standard InChI is InChI=1S/C29H48N8O4/c38-17-15-36(16-18-39)25(40)19-21-9-13-35(14-10-21)23-7-5-22(6-8-23)31-27-26-24(20-30-34-28(26)41)32-29(33-27)37-11-3-1-2-4-12-37/h5-8,21,24,26-27,29-33,38-39H,1-4,9-20H2,(H,34,41). The molecule has 12 nitrogen and oxygen atoms in total. The first kappa shape index (κ1) is 30.0. The van der Waals surface area contributed by atoms with Crippen LogP contribution in [0.15, 0.2) is 24.3 Å². The largest absolute Gasteiger partial charge is 0.395 e. The summed E-state index contributed by atoms with van der Waals surface area (Å²) in [7, 11) is 0. The predicted molar refractivity (Wildman–Crippen MR) is 158 cm³/mol. The SMILES string of the molecule is O=C1NNCC2NC(N3CCCCCC3)NC(Nc3ccc(N4CCC(CC(=O)N(CCO)CCO)CC4)cc3)C12. The van der Waals surface area contributed by atoms with Crippen LogP contribution in [0.5, 0.6) is 0 Å². The summed E-state index contributed by atoms with van der Waals surface area (Å²) in [5.41, 5.74) is 7.98. The van der Waals surface area contributed by atoms with Gasteiger partial charge in [0, 0.05) is 69.7 Å². The molecule has 4 fully saturated rings. The maximum Gasteiger partial charge on any atom is 0.242 e. The molecule has 7 N–H and O–H groups in total. The Kier molecular flexibility index (Phi) is 10.7. The smallest absolute Gasteiger partial charge is 0.242 e. The molecule has 228 valence electrons. The third-order valence-corrected chi connectivity index (χ3v) is 9.07. The monoisotopic (exact) mass is 572 g/mol. The van der Waals surface area contributed by atoms with Gasteiger partial charge in [-0.25, -0.2) is 5.43 Å². The number of aliphatic hydroxyl groups is 2. The van der Waals surface area contributed by atoms with E-state index in [-0.39, 0.29) is 62.5 Å². The van der Waals surface area contributed by atoms with E-state index in [1.54, 1.807) is 4.90 Å². The Hall–Kier alpha value is -2.48. The minimum absolute atomic E-state index is 0.0104. The molecule has 41 heavy (non-hydrogen) atoms. The maximum atomic E-state index is 12.9. The van der Waals surface area contributed by atoms with Crippen LogP contribution in [0, 0.1) is 11.8 Å². The summed E-state index contributed by atoms with van der Waals surface area (Å²) in [6, 6.07) is 8.47. The highest BCUT2D eigenvalue weighted by Gasteiger charge is 2.45. The number of hydrazine groups is 1. The lowest BCUT2D eigenvalue weighted by molar-refractivity contribution is -0.133. The lowest BCUT2D eigenvalue weighted by Gasteiger charge is -2.48. The van der Waals surface area contributed by atoms with Gasteiger partial charge in [-0.2, -0.15) is 0 Å². The van der Waals surface area contributed by atoms with E-state index in [9.17, 15) is 19.8 Å². The molecular weight excluding hydrogens is 524 g/mol. The number of benzene rings is 1. The molecule has 5 rings (SSSR count). The van der Waals surface area contributed by atoms with Gasteiger partial charge in [0.15, 0.2) is 0 Å². The summed E-state index contributed by atoms with van der Waals surface area (Å²) < 4.78 is 0.